The van der Waals surface area contributed by atoms with Gasteiger partial charge < -0.3 is 0 Å². The standard InChI is InChI=1S/C14H19ClN4O/c1-5-10-6-11(18(4)17-10)8-19-13(20)7-12(15)16-14(19)9(2)3/h6-7,9H,5,8H2,1-4H3. The molecule has 2 aromatic rings. The van der Waals surface area contributed by atoms with Crippen LogP contribution in [0, 0.1) is 0 Å². The van der Waals surface area contributed by atoms with Crippen molar-refractivity contribution in [3.05, 3.63) is 44.9 Å². The van der Waals surface area contributed by atoms with E-state index in [0.717, 1.165) is 17.8 Å². The van der Waals surface area contributed by atoms with E-state index in [4.69, 9.17) is 11.6 Å². The summed E-state index contributed by atoms with van der Waals surface area (Å²) in [6, 6.07) is 3.37. The predicted molar refractivity (Wildman–Crippen MR) is 79.3 cm³/mol. The first-order valence-electron chi connectivity index (χ1n) is 6.71. The lowest BCUT2D eigenvalue weighted by molar-refractivity contribution is 0.590. The van der Waals surface area contributed by atoms with E-state index in [0.29, 0.717) is 12.4 Å². The number of rotatable bonds is 4. The molecule has 0 saturated heterocycles. The molecule has 0 unspecified atom stereocenters. The van der Waals surface area contributed by atoms with Crippen LogP contribution in [0.4, 0.5) is 0 Å². The lowest BCUT2D eigenvalue weighted by Gasteiger charge is -2.14. The first-order chi connectivity index (χ1) is 9.42. The van der Waals surface area contributed by atoms with Crippen LogP contribution < -0.4 is 5.56 Å². The molecule has 108 valence electrons. The minimum Gasteiger partial charge on any atom is -0.290 e. The molecule has 2 rings (SSSR count). The van der Waals surface area contributed by atoms with Gasteiger partial charge in [0.05, 0.1) is 17.9 Å². The molecule has 6 heteroatoms. The Kier molecular flexibility index (Phi) is 4.28. The highest BCUT2D eigenvalue weighted by Crippen LogP contribution is 2.14. The quantitative estimate of drug-likeness (QED) is 0.814. The van der Waals surface area contributed by atoms with E-state index in [-0.39, 0.29) is 16.6 Å². The second kappa shape index (κ2) is 5.79. The Balaban J connectivity index is 2.47. The fraction of sp³-hybridized carbons (Fsp3) is 0.500. The van der Waals surface area contributed by atoms with Crippen LogP contribution in [-0.2, 0) is 20.0 Å². The second-order valence-corrected chi connectivity index (χ2v) is 5.51. The molecule has 0 amide bonds. The highest BCUT2D eigenvalue weighted by atomic mass is 35.5. The summed E-state index contributed by atoms with van der Waals surface area (Å²) < 4.78 is 3.47. The molecule has 2 aromatic heterocycles. The van der Waals surface area contributed by atoms with Gasteiger partial charge in [0.1, 0.15) is 11.0 Å². The van der Waals surface area contributed by atoms with Gasteiger partial charge in [-0.25, -0.2) is 4.98 Å². The van der Waals surface area contributed by atoms with Crippen LogP contribution in [-0.4, -0.2) is 19.3 Å². The van der Waals surface area contributed by atoms with Gasteiger partial charge in [-0.3, -0.25) is 14.0 Å². The minimum atomic E-state index is -0.132. The van der Waals surface area contributed by atoms with Gasteiger partial charge in [-0.1, -0.05) is 32.4 Å². The number of hydrogen-bond acceptors (Lipinski definition) is 3. The first kappa shape index (κ1) is 14.8. The lowest BCUT2D eigenvalue weighted by atomic mass is 10.2. The van der Waals surface area contributed by atoms with Gasteiger partial charge in [0.2, 0.25) is 0 Å². The maximum absolute atomic E-state index is 12.2. The lowest BCUT2D eigenvalue weighted by Crippen LogP contribution is -2.26. The Morgan fingerprint density at radius 3 is 2.60 bits per heavy atom. The monoisotopic (exact) mass is 294 g/mol. The zero-order chi connectivity index (χ0) is 14.9. The van der Waals surface area contributed by atoms with Gasteiger partial charge in [-0.2, -0.15) is 5.10 Å². The summed E-state index contributed by atoms with van der Waals surface area (Å²) in [6.45, 7) is 6.51. The minimum absolute atomic E-state index is 0.125. The number of nitrogens with zero attached hydrogens (tertiary/aromatic N) is 4. The highest BCUT2D eigenvalue weighted by molar-refractivity contribution is 6.29. The van der Waals surface area contributed by atoms with Crippen molar-refractivity contribution in [2.45, 2.75) is 39.7 Å². The van der Waals surface area contributed by atoms with E-state index in [1.165, 1.54) is 6.07 Å². The van der Waals surface area contributed by atoms with Crippen LogP contribution in [0.15, 0.2) is 16.9 Å². The number of hydrogen-bond donors (Lipinski definition) is 0. The topological polar surface area (TPSA) is 52.7 Å². The van der Waals surface area contributed by atoms with Crippen LogP contribution in [0.3, 0.4) is 0 Å². The van der Waals surface area contributed by atoms with Crippen molar-refractivity contribution in [3.8, 4) is 0 Å². The summed E-state index contributed by atoms with van der Waals surface area (Å²) in [4.78, 5) is 16.5. The Morgan fingerprint density at radius 1 is 1.35 bits per heavy atom. The molecule has 0 aliphatic heterocycles. The molecule has 0 saturated carbocycles. The Labute approximate surface area is 123 Å². The summed E-state index contributed by atoms with van der Waals surface area (Å²) in [5.41, 5.74) is 1.87. The normalized spacial score (nSPS) is 11.3. The zero-order valence-corrected chi connectivity index (χ0v) is 13.0. The predicted octanol–water partition coefficient (Wildman–Crippen LogP) is 2.36. The molecular formula is C14H19ClN4O. The van der Waals surface area contributed by atoms with Crippen molar-refractivity contribution in [2.24, 2.45) is 7.05 Å². The van der Waals surface area contributed by atoms with Crippen molar-refractivity contribution >= 4 is 11.6 Å². The fourth-order valence-electron chi connectivity index (χ4n) is 2.15. The third-order valence-electron chi connectivity index (χ3n) is 3.23. The average molecular weight is 295 g/mol. The Bertz CT molecular complexity index is 672. The second-order valence-electron chi connectivity index (χ2n) is 5.12. The van der Waals surface area contributed by atoms with Gasteiger partial charge in [0.15, 0.2) is 0 Å². The molecule has 0 atom stereocenters. The van der Waals surface area contributed by atoms with E-state index in [1.807, 2.05) is 31.6 Å². The number of aryl methyl sites for hydroxylation is 2. The maximum Gasteiger partial charge on any atom is 0.255 e. The van der Waals surface area contributed by atoms with Crippen LogP contribution in [0.5, 0.6) is 0 Å². The van der Waals surface area contributed by atoms with Crippen LogP contribution in [0.25, 0.3) is 0 Å². The van der Waals surface area contributed by atoms with Crippen molar-refractivity contribution in [1.29, 1.82) is 0 Å². The largest absolute Gasteiger partial charge is 0.290 e. The van der Waals surface area contributed by atoms with E-state index < -0.39 is 0 Å². The molecule has 20 heavy (non-hydrogen) atoms. The summed E-state index contributed by atoms with van der Waals surface area (Å²) in [5, 5.41) is 4.65. The van der Waals surface area contributed by atoms with Gasteiger partial charge in [-0.05, 0) is 12.5 Å². The van der Waals surface area contributed by atoms with E-state index in [1.54, 1.807) is 4.57 Å². The summed E-state index contributed by atoms with van der Waals surface area (Å²) >= 11 is 5.88. The summed E-state index contributed by atoms with van der Waals surface area (Å²) in [7, 11) is 1.89. The van der Waals surface area contributed by atoms with E-state index in [9.17, 15) is 4.79 Å². The van der Waals surface area contributed by atoms with Crippen LogP contribution in [0.2, 0.25) is 5.15 Å². The molecule has 2 heterocycles. The summed E-state index contributed by atoms with van der Waals surface area (Å²) in [6.07, 6.45) is 0.874. The third kappa shape index (κ3) is 2.93. The van der Waals surface area contributed by atoms with Crippen molar-refractivity contribution < 1.29 is 0 Å². The Morgan fingerprint density at radius 2 is 2.05 bits per heavy atom. The Hall–Kier alpha value is -1.62. The van der Waals surface area contributed by atoms with Gasteiger partial charge in [0, 0.05) is 19.0 Å². The molecule has 0 spiro atoms. The highest BCUT2D eigenvalue weighted by Gasteiger charge is 2.14. The van der Waals surface area contributed by atoms with E-state index in [2.05, 4.69) is 17.0 Å². The molecule has 0 aliphatic rings. The van der Waals surface area contributed by atoms with Crippen LogP contribution in [0.1, 0.15) is 43.9 Å². The molecule has 0 N–H and O–H groups in total. The molecule has 0 radical (unpaired) electrons. The van der Waals surface area contributed by atoms with Gasteiger partial charge in [-0.15, -0.1) is 0 Å². The molecule has 0 aliphatic carbocycles. The number of aromatic nitrogens is 4. The molecule has 5 nitrogen and oxygen atoms in total. The van der Waals surface area contributed by atoms with Crippen LogP contribution >= 0.6 is 11.6 Å². The molecule has 0 fully saturated rings. The third-order valence-corrected chi connectivity index (χ3v) is 3.43. The maximum atomic E-state index is 12.2. The smallest absolute Gasteiger partial charge is 0.255 e. The average Bonchev–Trinajstić information content (AvgIpc) is 2.73. The van der Waals surface area contributed by atoms with Gasteiger partial charge in [0.25, 0.3) is 5.56 Å². The zero-order valence-electron chi connectivity index (χ0n) is 12.2. The van der Waals surface area contributed by atoms with E-state index >= 15 is 0 Å². The van der Waals surface area contributed by atoms with Gasteiger partial charge >= 0.3 is 0 Å². The SMILES string of the molecule is CCc1cc(Cn2c(C(C)C)nc(Cl)cc2=O)n(C)n1. The molecular weight excluding hydrogens is 276 g/mol. The molecule has 0 bridgehead atoms. The van der Waals surface area contributed by atoms with Crippen molar-refractivity contribution in [1.82, 2.24) is 19.3 Å². The van der Waals surface area contributed by atoms with Crippen molar-refractivity contribution in [2.75, 3.05) is 0 Å². The fourth-order valence-corrected chi connectivity index (χ4v) is 2.33. The summed E-state index contributed by atoms with van der Waals surface area (Å²) in [5.74, 6) is 0.821. The van der Waals surface area contributed by atoms with Crippen molar-refractivity contribution in [3.63, 3.8) is 0 Å². The number of halogens is 1. The first-order valence-corrected chi connectivity index (χ1v) is 7.09. The molecule has 0 aromatic carbocycles.